The molecule has 1 aromatic carbocycles. The van der Waals surface area contributed by atoms with E-state index in [0.29, 0.717) is 0 Å². The first kappa shape index (κ1) is 16.1. The van der Waals surface area contributed by atoms with Crippen molar-refractivity contribution >= 4 is 12.0 Å². The van der Waals surface area contributed by atoms with Crippen LogP contribution in [0.25, 0.3) is 17.2 Å². The van der Waals surface area contributed by atoms with Gasteiger partial charge in [-0.15, -0.1) is 0 Å². The molecule has 3 nitrogen and oxygen atoms in total. The molecule has 1 aromatic heterocycles. The van der Waals surface area contributed by atoms with Gasteiger partial charge in [0, 0.05) is 24.0 Å². The summed E-state index contributed by atoms with van der Waals surface area (Å²) in [6.07, 6.45) is 5.89. The molecule has 0 aliphatic heterocycles. The fourth-order valence-electron chi connectivity index (χ4n) is 2.47. The Bertz CT molecular complexity index is 694. The molecule has 2 rings (SSSR count). The van der Waals surface area contributed by atoms with Crippen molar-refractivity contribution in [1.82, 2.24) is 10.3 Å². The van der Waals surface area contributed by atoms with Gasteiger partial charge in [-0.2, -0.15) is 0 Å². The zero-order valence-electron chi connectivity index (χ0n) is 13.9. The van der Waals surface area contributed by atoms with E-state index in [1.54, 1.807) is 0 Å². The summed E-state index contributed by atoms with van der Waals surface area (Å²) in [4.78, 5) is 15.1. The molecule has 3 heteroatoms. The van der Waals surface area contributed by atoms with Crippen LogP contribution in [0.4, 0.5) is 0 Å². The number of aromatic nitrogens is 1. The average molecular weight is 296 g/mol. The Morgan fingerprint density at radius 1 is 1.23 bits per heavy atom. The van der Waals surface area contributed by atoms with Crippen molar-refractivity contribution < 1.29 is 4.79 Å². The smallest absolute Gasteiger partial charge is 0.247 e. The molecule has 0 unspecified atom stereocenters. The number of aryl methyl sites for hydroxylation is 2. The molecule has 2 N–H and O–H groups in total. The van der Waals surface area contributed by atoms with E-state index in [-0.39, 0.29) is 11.9 Å². The van der Waals surface area contributed by atoms with Crippen molar-refractivity contribution in [2.75, 3.05) is 0 Å². The van der Waals surface area contributed by atoms with Crippen LogP contribution in [0.2, 0.25) is 0 Å². The van der Waals surface area contributed by atoms with E-state index in [9.17, 15) is 4.79 Å². The molecule has 0 fully saturated rings. The van der Waals surface area contributed by atoms with Gasteiger partial charge in [0.15, 0.2) is 0 Å². The molecule has 2 aromatic rings. The zero-order chi connectivity index (χ0) is 16.3. The van der Waals surface area contributed by atoms with Crippen LogP contribution in [-0.2, 0) is 4.79 Å². The number of aromatic amines is 1. The average Bonchev–Trinajstić information content (AvgIpc) is 2.95. The van der Waals surface area contributed by atoms with Crippen molar-refractivity contribution in [3.05, 3.63) is 52.9 Å². The largest absolute Gasteiger partial charge is 0.367 e. The van der Waals surface area contributed by atoms with Crippen molar-refractivity contribution in [3.63, 3.8) is 0 Å². The topological polar surface area (TPSA) is 44.9 Å². The van der Waals surface area contributed by atoms with Crippen LogP contribution in [0.1, 0.15) is 37.5 Å². The van der Waals surface area contributed by atoms with Crippen LogP contribution < -0.4 is 5.32 Å². The summed E-state index contributed by atoms with van der Waals surface area (Å²) in [5.41, 5.74) is 6.59. The van der Waals surface area contributed by atoms with E-state index in [0.717, 1.165) is 11.1 Å². The zero-order valence-corrected chi connectivity index (χ0v) is 13.9. The molecule has 0 atom stereocenters. The highest BCUT2D eigenvalue weighted by Gasteiger charge is 2.09. The molecule has 0 saturated heterocycles. The van der Waals surface area contributed by atoms with Crippen LogP contribution in [0.5, 0.6) is 0 Å². The molecule has 0 aliphatic carbocycles. The Hall–Kier alpha value is -2.29. The quantitative estimate of drug-likeness (QED) is 0.815. The summed E-state index contributed by atoms with van der Waals surface area (Å²) in [5, 5.41) is 2.92. The van der Waals surface area contributed by atoms with Crippen LogP contribution >= 0.6 is 0 Å². The summed E-state index contributed by atoms with van der Waals surface area (Å²) in [5.74, 6) is -0.0123. The lowest BCUT2D eigenvalue weighted by Crippen LogP contribution is -2.30. The number of benzene rings is 1. The minimum Gasteiger partial charge on any atom is -0.367 e. The third-order valence-corrected chi connectivity index (χ3v) is 3.67. The Morgan fingerprint density at radius 2 is 1.95 bits per heavy atom. The van der Waals surface area contributed by atoms with E-state index in [2.05, 4.69) is 42.3 Å². The normalized spacial score (nSPS) is 11.8. The van der Waals surface area contributed by atoms with Gasteiger partial charge in [0.05, 0.1) is 0 Å². The Kier molecular flexibility index (Phi) is 4.86. The van der Waals surface area contributed by atoms with Crippen molar-refractivity contribution in [3.8, 4) is 11.1 Å². The van der Waals surface area contributed by atoms with Gasteiger partial charge in [-0.1, -0.05) is 12.1 Å². The van der Waals surface area contributed by atoms with Crippen LogP contribution in [-0.4, -0.2) is 16.9 Å². The number of amides is 1. The first-order valence-corrected chi connectivity index (χ1v) is 7.62. The highest BCUT2D eigenvalue weighted by molar-refractivity contribution is 5.97. The second-order valence-electron chi connectivity index (χ2n) is 6.08. The molecular weight excluding hydrogens is 272 g/mol. The fourth-order valence-corrected chi connectivity index (χ4v) is 2.47. The van der Waals surface area contributed by atoms with E-state index in [4.69, 9.17) is 0 Å². The summed E-state index contributed by atoms with van der Waals surface area (Å²) in [6, 6.07) is 6.54. The highest BCUT2D eigenvalue weighted by atomic mass is 16.1. The second kappa shape index (κ2) is 6.65. The molecular formula is C19H24N2O. The Labute approximate surface area is 132 Å². The molecule has 0 spiro atoms. The number of rotatable bonds is 4. The van der Waals surface area contributed by atoms with Crippen LogP contribution in [0, 0.1) is 13.8 Å². The highest BCUT2D eigenvalue weighted by Crippen LogP contribution is 2.27. The number of carbonyl (C=O) groups is 1. The predicted molar refractivity (Wildman–Crippen MR) is 92.6 cm³/mol. The standard InChI is InChI=1S/C19H24N2O/c1-12(2)21-19(22)15(5)9-17-8-14(4)18(10-13(17)3)16-6-7-20-11-16/h6-12,20H,1-5H3,(H,21,22)/b15-9+. The molecule has 116 valence electrons. The second-order valence-corrected chi connectivity index (χ2v) is 6.08. The molecule has 22 heavy (non-hydrogen) atoms. The van der Waals surface area contributed by atoms with E-state index in [1.165, 1.54) is 22.3 Å². The fraction of sp³-hybridized carbons (Fsp3) is 0.316. The number of hydrogen-bond acceptors (Lipinski definition) is 1. The monoisotopic (exact) mass is 296 g/mol. The van der Waals surface area contributed by atoms with Crippen molar-refractivity contribution in [2.45, 2.75) is 40.7 Å². The third kappa shape index (κ3) is 3.67. The van der Waals surface area contributed by atoms with Gasteiger partial charge in [-0.05, 0) is 74.6 Å². The Morgan fingerprint density at radius 3 is 2.55 bits per heavy atom. The molecule has 1 amide bonds. The maximum Gasteiger partial charge on any atom is 0.247 e. The predicted octanol–water partition coefficient (Wildman–Crippen LogP) is 4.23. The van der Waals surface area contributed by atoms with Gasteiger partial charge in [0.2, 0.25) is 5.91 Å². The van der Waals surface area contributed by atoms with Gasteiger partial charge >= 0.3 is 0 Å². The van der Waals surface area contributed by atoms with Gasteiger partial charge in [0.1, 0.15) is 0 Å². The third-order valence-electron chi connectivity index (χ3n) is 3.67. The SMILES string of the molecule is C/C(=C\c1cc(C)c(-c2cc[nH]c2)cc1C)C(=O)NC(C)C. The lowest BCUT2D eigenvalue weighted by molar-refractivity contribution is -0.117. The molecule has 0 saturated carbocycles. The number of carbonyl (C=O) groups excluding carboxylic acids is 1. The summed E-state index contributed by atoms with van der Waals surface area (Å²) >= 11 is 0. The van der Waals surface area contributed by atoms with Crippen molar-refractivity contribution in [1.29, 1.82) is 0 Å². The lowest BCUT2D eigenvalue weighted by atomic mass is 9.95. The number of H-pyrrole nitrogens is 1. The summed E-state index contributed by atoms with van der Waals surface area (Å²) < 4.78 is 0. The molecule has 0 radical (unpaired) electrons. The number of hydrogen-bond donors (Lipinski definition) is 2. The van der Waals surface area contributed by atoms with E-state index >= 15 is 0 Å². The summed E-state index contributed by atoms with van der Waals surface area (Å²) in [7, 11) is 0. The Balaban J connectivity index is 2.33. The van der Waals surface area contributed by atoms with Crippen LogP contribution in [0.15, 0.2) is 36.2 Å². The maximum atomic E-state index is 12.0. The van der Waals surface area contributed by atoms with E-state index < -0.39 is 0 Å². The summed E-state index contributed by atoms with van der Waals surface area (Å²) in [6.45, 7) is 9.96. The lowest BCUT2D eigenvalue weighted by Gasteiger charge is -2.11. The minimum absolute atomic E-state index is 0.0123. The van der Waals surface area contributed by atoms with Gasteiger partial charge in [-0.3, -0.25) is 4.79 Å². The van der Waals surface area contributed by atoms with Gasteiger partial charge in [0.25, 0.3) is 0 Å². The maximum absolute atomic E-state index is 12.0. The van der Waals surface area contributed by atoms with Crippen LogP contribution in [0.3, 0.4) is 0 Å². The van der Waals surface area contributed by atoms with Gasteiger partial charge < -0.3 is 10.3 Å². The van der Waals surface area contributed by atoms with E-state index in [1.807, 2.05) is 39.2 Å². The minimum atomic E-state index is -0.0123. The first-order chi connectivity index (χ1) is 10.4. The molecule has 0 aliphatic rings. The first-order valence-electron chi connectivity index (χ1n) is 7.62. The van der Waals surface area contributed by atoms with Crippen molar-refractivity contribution in [2.24, 2.45) is 0 Å². The van der Waals surface area contributed by atoms with Gasteiger partial charge in [-0.25, -0.2) is 0 Å². The molecule has 1 heterocycles. The molecule has 0 bridgehead atoms. The number of nitrogens with one attached hydrogen (secondary N) is 2.